The molecule has 0 spiro atoms. The largest absolute Gasteiger partial charge is 0.324 e. The average Bonchev–Trinajstić information content (AvgIpc) is 3.26. The summed E-state index contributed by atoms with van der Waals surface area (Å²) < 4.78 is 2.57. The highest BCUT2D eigenvalue weighted by Crippen LogP contribution is 2.18. The number of aromatic amines is 1. The van der Waals surface area contributed by atoms with Crippen LogP contribution in [0, 0.1) is 0 Å². The van der Waals surface area contributed by atoms with Gasteiger partial charge in [0.15, 0.2) is 5.82 Å². The lowest BCUT2D eigenvalue weighted by Crippen LogP contribution is -2.30. The van der Waals surface area contributed by atoms with Crippen molar-refractivity contribution in [3.05, 3.63) is 87.7 Å². The zero-order valence-corrected chi connectivity index (χ0v) is 15.0. The molecule has 0 bridgehead atoms. The molecule has 1 amide bonds. The molecule has 0 radical (unpaired) electrons. The van der Waals surface area contributed by atoms with Gasteiger partial charge in [-0.2, -0.15) is 10.2 Å². The number of aromatic nitrogens is 6. The van der Waals surface area contributed by atoms with Crippen LogP contribution in [0.2, 0.25) is 0 Å². The van der Waals surface area contributed by atoms with E-state index in [0.717, 1.165) is 10.2 Å². The van der Waals surface area contributed by atoms with E-state index in [9.17, 15) is 14.4 Å². The van der Waals surface area contributed by atoms with Crippen molar-refractivity contribution in [3.8, 4) is 17.1 Å². The first kappa shape index (κ1) is 18.0. The van der Waals surface area contributed by atoms with Crippen LogP contribution in [0.5, 0.6) is 0 Å². The molecule has 3 heterocycles. The van der Waals surface area contributed by atoms with Gasteiger partial charge in [0, 0.05) is 35.8 Å². The van der Waals surface area contributed by atoms with Crippen molar-refractivity contribution in [3.63, 3.8) is 0 Å². The second-order valence-electron chi connectivity index (χ2n) is 6.07. The van der Waals surface area contributed by atoms with E-state index in [-0.39, 0.29) is 12.1 Å². The SMILES string of the molecule is O=C(Cn1nc(-n2cccn2)ccc1=O)Nc1ccc(-c2ccc(=O)[nH]n2)cc1. The third kappa shape index (κ3) is 4.16. The van der Waals surface area contributed by atoms with Gasteiger partial charge in [-0.15, -0.1) is 5.10 Å². The van der Waals surface area contributed by atoms with Crippen molar-refractivity contribution in [2.75, 3.05) is 5.32 Å². The minimum absolute atomic E-state index is 0.239. The molecule has 0 aliphatic heterocycles. The Morgan fingerprint density at radius 3 is 2.55 bits per heavy atom. The maximum absolute atomic E-state index is 12.3. The third-order valence-electron chi connectivity index (χ3n) is 4.03. The van der Waals surface area contributed by atoms with Crippen LogP contribution in [0.25, 0.3) is 17.1 Å². The predicted octanol–water partition coefficient (Wildman–Crippen LogP) is 0.818. The number of anilines is 1. The van der Waals surface area contributed by atoms with E-state index in [4.69, 9.17) is 0 Å². The molecular weight excluding hydrogens is 374 g/mol. The molecule has 2 N–H and O–H groups in total. The van der Waals surface area contributed by atoms with Crippen LogP contribution in [-0.4, -0.2) is 35.7 Å². The van der Waals surface area contributed by atoms with E-state index >= 15 is 0 Å². The number of carbonyl (C=O) groups excluding carboxylic acids is 1. The molecule has 1 aromatic carbocycles. The summed E-state index contributed by atoms with van der Waals surface area (Å²) in [6, 6.07) is 14.5. The van der Waals surface area contributed by atoms with E-state index in [1.54, 1.807) is 48.8 Å². The topological polar surface area (TPSA) is 128 Å². The molecule has 0 saturated heterocycles. The number of hydrogen-bond acceptors (Lipinski definition) is 6. The van der Waals surface area contributed by atoms with Gasteiger partial charge in [0.2, 0.25) is 5.91 Å². The number of H-pyrrole nitrogens is 1. The number of nitrogens with one attached hydrogen (secondary N) is 2. The lowest BCUT2D eigenvalue weighted by atomic mass is 10.1. The summed E-state index contributed by atoms with van der Waals surface area (Å²) >= 11 is 0. The van der Waals surface area contributed by atoms with Crippen molar-refractivity contribution >= 4 is 11.6 Å². The third-order valence-corrected chi connectivity index (χ3v) is 4.03. The van der Waals surface area contributed by atoms with Gasteiger partial charge < -0.3 is 5.32 Å². The fourth-order valence-electron chi connectivity index (χ4n) is 2.64. The predicted molar refractivity (Wildman–Crippen MR) is 105 cm³/mol. The standard InChI is InChI=1S/C19H15N7O3/c27-17-8-6-15(22-23-17)13-2-4-14(5-3-13)21-18(28)12-26-19(29)9-7-16(24-26)25-11-1-10-20-25/h1-11H,12H2,(H,21,28)(H,23,27). The fraction of sp³-hybridized carbons (Fsp3) is 0.0526. The van der Waals surface area contributed by atoms with Crippen molar-refractivity contribution in [2.24, 2.45) is 0 Å². The fourth-order valence-corrected chi connectivity index (χ4v) is 2.64. The molecule has 0 atom stereocenters. The van der Waals surface area contributed by atoms with Gasteiger partial charge in [-0.05, 0) is 30.3 Å². The van der Waals surface area contributed by atoms with Gasteiger partial charge in [-0.25, -0.2) is 14.5 Å². The van der Waals surface area contributed by atoms with Crippen molar-refractivity contribution < 1.29 is 4.79 Å². The highest BCUT2D eigenvalue weighted by atomic mass is 16.2. The summed E-state index contributed by atoms with van der Waals surface area (Å²) in [5.74, 6) is 0.0345. The summed E-state index contributed by atoms with van der Waals surface area (Å²) in [6.07, 6.45) is 3.28. The molecule has 0 aliphatic carbocycles. The molecule has 0 aliphatic rings. The quantitative estimate of drug-likeness (QED) is 0.520. The van der Waals surface area contributed by atoms with Crippen LogP contribution in [0.3, 0.4) is 0 Å². The van der Waals surface area contributed by atoms with Gasteiger partial charge in [-0.1, -0.05) is 12.1 Å². The van der Waals surface area contributed by atoms with Gasteiger partial charge >= 0.3 is 0 Å². The zero-order valence-electron chi connectivity index (χ0n) is 15.0. The maximum atomic E-state index is 12.3. The molecule has 4 aromatic rings. The summed E-state index contributed by atoms with van der Waals surface area (Å²) in [5.41, 5.74) is 1.27. The van der Waals surface area contributed by atoms with Gasteiger partial charge in [0.05, 0.1) is 5.69 Å². The molecule has 4 rings (SSSR count). The van der Waals surface area contributed by atoms with Crippen LogP contribution in [-0.2, 0) is 11.3 Å². The number of benzene rings is 1. The monoisotopic (exact) mass is 389 g/mol. The highest BCUT2D eigenvalue weighted by Gasteiger charge is 2.09. The van der Waals surface area contributed by atoms with E-state index in [1.807, 2.05) is 0 Å². The van der Waals surface area contributed by atoms with E-state index < -0.39 is 11.5 Å². The minimum atomic E-state index is -0.396. The van der Waals surface area contributed by atoms with E-state index in [1.165, 1.54) is 22.9 Å². The Morgan fingerprint density at radius 1 is 1.03 bits per heavy atom. The molecule has 10 nitrogen and oxygen atoms in total. The second-order valence-corrected chi connectivity index (χ2v) is 6.07. The normalized spacial score (nSPS) is 10.6. The summed E-state index contributed by atoms with van der Waals surface area (Å²) in [7, 11) is 0. The maximum Gasteiger partial charge on any atom is 0.267 e. The molecule has 0 unspecified atom stereocenters. The van der Waals surface area contributed by atoms with Crippen LogP contribution >= 0.6 is 0 Å². The molecule has 144 valence electrons. The summed E-state index contributed by atoms with van der Waals surface area (Å²) in [4.78, 5) is 35.4. The van der Waals surface area contributed by atoms with Gasteiger partial charge in [0.25, 0.3) is 11.1 Å². The molecule has 10 heteroatoms. The van der Waals surface area contributed by atoms with Crippen LogP contribution in [0.4, 0.5) is 5.69 Å². The number of rotatable bonds is 5. The smallest absolute Gasteiger partial charge is 0.267 e. The number of hydrogen-bond donors (Lipinski definition) is 2. The Labute approximate surface area is 163 Å². The van der Waals surface area contributed by atoms with Crippen LogP contribution in [0.15, 0.2) is 76.6 Å². The first-order chi connectivity index (χ1) is 14.1. The Balaban J connectivity index is 1.46. The molecular formula is C19H15N7O3. The van der Waals surface area contributed by atoms with E-state index in [2.05, 4.69) is 25.7 Å². The Morgan fingerprint density at radius 2 is 1.86 bits per heavy atom. The molecule has 0 saturated carbocycles. The van der Waals surface area contributed by atoms with E-state index in [0.29, 0.717) is 17.2 Å². The first-order valence-electron chi connectivity index (χ1n) is 8.63. The van der Waals surface area contributed by atoms with Gasteiger partial charge in [0.1, 0.15) is 6.54 Å². The van der Waals surface area contributed by atoms with Crippen molar-refractivity contribution in [1.29, 1.82) is 0 Å². The van der Waals surface area contributed by atoms with Crippen molar-refractivity contribution in [2.45, 2.75) is 6.54 Å². The van der Waals surface area contributed by atoms with Gasteiger partial charge in [-0.3, -0.25) is 14.4 Å². The number of amides is 1. The lowest BCUT2D eigenvalue weighted by Gasteiger charge is -2.09. The number of nitrogens with zero attached hydrogens (tertiary/aromatic N) is 5. The van der Waals surface area contributed by atoms with Crippen LogP contribution in [0.1, 0.15) is 0 Å². The Bertz CT molecular complexity index is 1240. The zero-order chi connectivity index (χ0) is 20.2. The summed E-state index contributed by atoms with van der Waals surface area (Å²) in [5, 5.41) is 17.3. The molecule has 29 heavy (non-hydrogen) atoms. The molecule has 0 fully saturated rings. The first-order valence-corrected chi connectivity index (χ1v) is 8.63. The Hall–Kier alpha value is -4.34. The van der Waals surface area contributed by atoms with Crippen molar-refractivity contribution in [1.82, 2.24) is 29.8 Å². The van der Waals surface area contributed by atoms with Crippen LogP contribution < -0.4 is 16.4 Å². The molecule has 3 aromatic heterocycles. The highest BCUT2D eigenvalue weighted by molar-refractivity contribution is 5.90. The second kappa shape index (κ2) is 7.72. The lowest BCUT2D eigenvalue weighted by molar-refractivity contribution is -0.117. The minimum Gasteiger partial charge on any atom is -0.324 e. The average molecular weight is 389 g/mol. The number of carbonyl (C=O) groups is 1. The summed E-state index contributed by atoms with van der Waals surface area (Å²) in [6.45, 7) is -0.239. The Kier molecular flexibility index (Phi) is 4.81.